The highest BCUT2D eigenvalue weighted by Gasteiger charge is 2.25. The predicted molar refractivity (Wildman–Crippen MR) is 69.5 cm³/mol. The fraction of sp³-hybridized carbons (Fsp3) is 0.846. The molecule has 2 N–H and O–H groups in total. The second-order valence-electron chi connectivity index (χ2n) is 5.03. The summed E-state index contributed by atoms with van der Waals surface area (Å²) in [5.41, 5.74) is 0. The van der Waals surface area contributed by atoms with Gasteiger partial charge >= 0.3 is 12.0 Å². The highest BCUT2D eigenvalue weighted by molar-refractivity contribution is 5.82. The Morgan fingerprint density at radius 1 is 1.33 bits per heavy atom. The Bertz CT molecular complexity index is 288. The molecule has 1 rings (SSSR count). The SMILES string of the molecule is CCC[C@H](NC(=O)N(C)C1CCCCC1)C(=O)O. The molecule has 0 radical (unpaired) electrons. The first-order valence-corrected chi connectivity index (χ1v) is 6.82. The van der Waals surface area contributed by atoms with Crippen LogP contribution in [0.2, 0.25) is 0 Å². The number of carbonyl (C=O) groups excluding carboxylic acids is 1. The molecule has 0 saturated heterocycles. The summed E-state index contributed by atoms with van der Waals surface area (Å²) in [4.78, 5) is 24.6. The van der Waals surface area contributed by atoms with Crippen molar-refractivity contribution in [3.05, 3.63) is 0 Å². The maximum Gasteiger partial charge on any atom is 0.326 e. The summed E-state index contributed by atoms with van der Waals surface area (Å²) in [5.74, 6) is -0.956. The van der Waals surface area contributed by atoms with Crippen LogP contribution in [0.5, 0.6) is 0 Å². The van der Waals surface area contributed by atoms with Crippen molar-refractivity contribution in [3.63, 3.8) is 0 Å². The number of urea groups is 1. The van der Waals surface area contributed by atoms with E-state index in [0.29, 0.717) is 6.42 Å². The van der Waals surface area contributed by atoms with Crippen LogP contribution in [0.3, 0.4) is 0 Å². The molecule has 0 aliphatic heterocycles. The van der Waals surface area contributed by atoms with Crippen LogP contribution in [0.1, 0.15) is 51.9 Å². The van der Waals surface area contributed by atoms with Gasteiger partial charge in [0, 0.05) is 13.1 Å². The molecule has 1 atom stereocenters. The first kappa shape index (κ1) is 14.8. The third-order valence-corrected chi connectivity index (χ3v) is 3.62. The quantitative estimate of drug-likeness (QED) is 0.792. The van der Waals surface area contributed by atoms with E-state index in [2.05, 4.69) is 5.32 Å². The number of hydrogen-bond donors (Lipinski definition) is 2. The van der Waals surface area contributed by atoms with Crippen LogP contribution in [0.25, 0.3) is 0 Å². The Labute approximate surface area is 109 Å². The maximum absolute atomic E-state index is 12.0. The molecule has 2 amide bonds. The molecule has 5 heteroatoms. The zero-order chi connectivity index (χ0) is 13.5. The summed E-state index contributed by atoms with van der Waals surface area (Å²) in [6.07, 6.45) is 6.80. The Morgan fingerprint density at radius 3 is 2.44 bits per heavy atom. The first-order chi connectivity index (χ1) is 8.56. The van der Waals surface area contributed by atoms with E-state index in [1.807, 2.05) is 6.92 Å². The van der Waals surface area contributed by atoms with E-state index >= 15 is 0 Å². The van der Waals surface area contributed by atoms with Crippen molar-refractivity contribution in [2.75, 3.05) is 7.05 Å². The zero-order valence-corrected chi connectivity index (χ0v) is 11.3. The Morgan fingerprint density at radius 2 is 1.94 bits per heavy atom. The van der Waals surface area contributed by atoms with Crippen LogP contribution < -0.4 is 5.32 Å². The molecule has 0 aromatic rings. The number of rotatable bonds is 5. The van der Waals surface area contributed by atoms with E-state index in [1.165, 1.54) is 6.42 Å². The van der Waals surface area contributed by atoms with Gasteiger partial charge in [0.2, 0.25) is 0 Å². The van der Waals surface area contributed by atoms with Gasteiger partial charge in [-0.1, -0.05) is 32.6 Å². The molecular formula is C13H24N2O3. The Hall–Kier alpha value is -1.26. The number of carboxylic acid groups (broad SMARTS) is 1. The zero-order valence-electron chi connectivity index (χ0n) is 11.3. The van der Waals surface area contributed by atoms with E-state index < -0.39 is 12.0 Å². The van der Waals surface area contributed by atoms with Crippen molar-refractivity contribution in [2.24, 2.45) is 0 Å². The summed E-state index contributed by atoms with van der Waals surface area (Å²) in [7, 11) is 1.76. The van der Waals surface area contributed by atoms with Gasteiger partial charge in [-0.3, -0.25) is 0 Å². The average molecular weight is 256 g/mol. The molecule has 0 aromatic heterocycles. The topological polar surface area (TPSA) is 69.6 Å². The normalized spacial score (nSPS) is 18.1. The van der Waals surface area contributed by atoms with Crippen molar-refractivity contribution in [3.8, 4) is 0 Å². The molecule has 0 heterocycles. The molecule has 1 aliphatic carbocycles. The predicted octanol–water partition coefficient (Wildman–Crippen LogP) is 2.21. The molecule has 1 aliphatic rings. The Balaban J connectivity index is 2.48. The number of nitrogens with one attached hydrogen (secondary N) is 1. The molecule has 5 nitrogen and oxygen atoms in total. The molecule has 0 bridgehead atoms. The van der Waals surface area contributed by atoms with Crippen molar-refractivity contribution in [1.29, 1.82) is 0 Å². The minimum atomic E-state index is -0.956. The van der Waals surface area contributed by atoms with Crippen molar-refractivity contribution in [1.82, 2.24) is 10.2 Å². The number of aliphatic carboxylic acids is 1. The number of carbonyl (C=O) groups is 2. The number of carboxylic acids is 1. The van der Waals surface area contributed by atoms with Gasteiger partial charge in [0.1, 0.15) is 6.04 Å². The van der Waals surface area contributed by atoms with Gasteiger partial charge in [0.15, 0.2) is 0 Å². The fourth-order valence-corrected chi connectivity index (χ4v) is 2.43. The van der Waals surface area contributed by atoms with Crippen LogP contribution in [0.15, 0.2) is 0 Å². The van der Waals surface area contributed by atoms with Gasteiger partial charge in [-0.2, -0.15) is 0 Å². The van der Waals surface area contributed by atoms with E-state index in [9.17, 15) is 9.59 Å². The maximum atomic E-state index is 12.0. The third-order valence-electron chi connectivity index (χ3n) is 3.62. The average Bonchev–Trinajstić information content (AvgIpc) is 2.38. The highest BCUT2D eigenvalue weighted by atomic mass is 16.4. The lowest BCUT2D eigenvalue weighted by Gasteiger charge is -2.32. The molecule has 104 valence electrons. The number of nitrogens with zero attached hydrogens (tertiary/aromatic N) is 1. The van der Waals surface area contributed by atoms with Gasteiger partial charge in [-0.25, -0.2) is 9.59 Å². The molecule has 0 spiro atoms. The van der Waals surface area contributed by atoms with E-state index in [-0.39, 0.29) is 12.1 Å². The lowest BCUT2D eigenvalue weighted by Crippen LogP contribution is -2.50. The second-order valence-corrected chi connectivity index (χ2v) is 5.03. The molecule has 0 unspecified atom stereocenters. The van der Waals surface area contributed by atoms with Gasteiger partial charge in [-0.05, 0) is 19.3 Å². The summed E-state index contributed by atoms with van der Waals surface area (Å²) in [5, 5.41) is 11.6. The monoisotopic (exact) mass is 256 g/mol. The van der Waals surface area contributed by atoms with Crippen LogP contribution >= 0.6 is 0 Å². The summed E-state index contributed by atoms with van der Waals surface area (Å²) in [6.45, 7) is 1.91. The molecule has 0 aromatic carbocycles. The van der Waals surface area contributed by atoms with Gasteiger partial charge in [0.25, 0.3) is 0 Å². The van der Waals surface area contributed by atoms with E-state index in [0.717, 1.165) is 32.1 Å². The summed E-state index contributed by atoms with van der Waals surface area (Å²) >= 11 is 0. The smallest absolute Gasteiger partial charge is 0.326 e. The minimum absolute atomic E-state index is 0.259. The minimum Gasteiger partial charge on any atom is -0.480 e. The van der Waals surface area contributed by atoms with Crippen LogP contribution in [-0.2, 0) is 4.79 Å². The van der Waals surface area contributed by atoms with E-state index in [4.69, 9.17) is 5.11 Å². The van der Waals surface area contributed by atoms with Gasteiger partial charge < -0.3 is 15.3 Å². The van der Waals surface area contributed by atoms with Crippen LogP contribution in [-0.4, -0.2) is 41.1 Å². The lowest BCUT2D eigenvalue weighted by atomic mass is 9.95. The van der Waals surface area contributed by atoms with Crippen molar-refractivity contribution >= 4 is 12.0 Å². The standard InChI is InChI=1S/C13H24N2O3/c1-3-7-11(12(16)17)14-13(18)15(2)10-8-5-4-6-9-10/h10-11H,3-9H2,1-2H3,(H,14,18)(H,16,17)/t11-/m0/s1. The first-order valence-electron chi connectivity index (χ1n) is 6.82. The fourth-order valence-electron chi connectivity index (χ4n) is 2.43. The summed E-state index contributed by atoms with van der Waals surface area (Å²) < 4.78 is 0. The van der Waals surface area contributed by atoms with Crippen molar-refractivity contribution < 1.29 is 14.7 Å². The number of amides is 2. The lowest BCUT2D eigenvalue weighted by molar-refractivity contribution is -0.139. The molecule has 1 fully saturated rings. The van der Waals surface area contributed by atoms with Crippen LogP contribution in [0, 0.1) is 0 Å². The molecular weight excluding hydrogens is 232 g/mol. The third kappa shape index (κ3) is 4.20. The Kier molecular flexibility index (Phi) is 5.95. The second kappa shape index (κ2) is 7.24. The van der Waals surface area contributed by atoms with Crippen molar-refractivity contribution in [2.45, 2.75) is 64.0 Å². The van der Waals surface area contributed by atoms with E-state index in [1.54, 1.807) is 11.9 Å². The molecule has 18 heavy (non-hydrogen) atoms. The largest absolute Gasteiger partial charge is 0.480 e. The summed E-state index contributed by atoms with van der Waals surface area (Å²) in [6, 6.07) is -0.772. The van der Waals surface area contributed by atoms with Gasteiger partial charge in [-0.15, -0.1) is 0 Å². The van der Waals surface area contributed by atoms with Crippen LogP contribution in [0.4, 0.5) is 4.79 Å². The highest BCUT2D eigenvalue weighted by Crippen LogP contribution is 2.21. The molecule has 1 saturated carbocycles. The van der Waals surface area contributed by atoms with Gasteiger partial charge in [0.05, 0.1) is 0 Å². The number of hydrogen-bond acceptors (Lipinski definition) is 2.